The van der Waals surface area contributed by atoms with Gasteiger partial charge in [0, 0.05) is 68.5 Å². The molecule has 0 bridgehead atoms. The third-order valence-electron chi connectivity index (χ3n) is 6.65. The van der Waals surface area contributed by atoms with Crippen molar-refractivity contribution in [3.63, 3.8) is 0 Å². The Kier molecular flexibility index (Phi) is 6.05. The summed E-state index contributed by atoms with van der Waals surface area (Å²) in [5.41, 5.74) is 1.07. The molecule has 3 aromatic rings. The molecule has 9 heteroatoms. The van der Waals surface area contributed by atoms with Crippen LogP contribution in [0.15, 0.2) is 24.5 Å². The Bertz CT molecular complexity index is 1100. The van der Waals surface area contributed by atoms with Gasteiger partial charge in [-0.25, -0.2) is 4.98 Å². The number of nitrogens with one attached hydrogen (secondary N) is 2. The van der Waals surface area contributed by atoms with E-state index >= 15 is 0 Å². The summed E-state index contributed by atoms with van der Waals surface area (Å²) in [5, 5.41) is 12.6. The van der Waals surface area contributed by atoms with Crippen molar-refractivity contribution in [3.05, 3.63) is 24.5 Å². The number of hydrogen-bond acceptors (Lipinski definition) is 8. The van der Waals surface area contributed by atoms with Crippen LogP contribution in [0.25, 0.3) is 10.9 Å². The molecule has 5 rings (SSSR count). The predicted molar refractivity (Wildman–Crippen MR) is 134 cm³/mol. The van der Waals surface area contributed by atoms with E-state index in [2.05, 4.69) is 70.3 Å². The molecule has 9 nitrogen and oxygen atoms in total. The van der Waals surface area contributed by atoms with Gasteiger partial charge in [-0.1, -0.05) is 13.8 Å². The van der Waals surface area contributed by atoms with Gasteiger partial charge in [-0.3, -0.25) is 4.68 Å². The van der Waals surface area contributed by atoms with Crippen LogP contribution in [0.4, 0.5) is 23.4 Å². The van der Waals surface area contributed by atoms with Crippen molar-refractivity contribution in [1.82, 2.24) is 30.0 Å². The van der Waals surface area contributed by atoms with Crippen LogP contribution >= 0.6 is 0 Å². The van der Waals surface area contributed by atoms with Crippen LogP contribution in [0.3, 0.4) is 0 Å². The van der Waals surface area contributed by atoms with Crippen LogP contribution in [0, 0.1) is 5.92 Å². The molecule has 1 atom stereocenters. The molecule has 0 aliphatic carbocycles. The third-order valence-corrected chi connectivity index (χ3v) is 6.65. The van der Waals surface area contributed by atoms with Crippen molar-refractivity contribution < 1.29 is 0 Å². The van der Waals surface area contributed by atoms with Crippen molar-refractivity contribution in [2.75, 3.05) is 47.8 Å². The summed E-state index contributed by atoms with van der Waals surface area (Å²) in [7, 11) is 0. The van der Waals surface area contributed by atoms with Gasteiger partial charge in [0.15, 0.2) is 0 Å². The molecule has 0 saturated carbocycles. The summed E-state index contributed by atoms with van der Waals surface area (Å²) < 4.78 is 2.02. The molecule has 1 unspecified atom stereocenters. The fourth-order valence-electron chi connectivity index (χ4n) is 4.69. The highest BCUT2D eigenvalue weighted by Crippen LogP contribution is 2.27. The first-order valence-electron chi connectivity index (χ1n) is 12.2. The minimum atomic E-state index is 0.284. The fourth-order valence-corrected chi connectivity index (χ4v) is 4.69. The summed E-state index contributed by atoms with van der Waals surface area (Å²) in [6, 6.07) is 4.84. The number of anilines is 4. The Balaban J connectivity index is 1.47. The van der Waals surface area contributed by atoms with Gasteiger partial charge < -0.3 is 20.4 Å². The molecule has 3 aromatic heterocycles. The summed E-state index contributed by atoms with van der Waals surface area (Å²) in [6.07, 6.45) is 6.16. The van der Waals surface area contributed by atoms with Gasteiger partial charge in [0.1, 0.15) is 17.5 Å². The SMILES string of the molecule is CC(C)C1CN(c2nc(Nc3cc4c(cn3)cnn4C(C)C)cc(N3CCCC3)n2)CCN1. The van der Waals surface area contributed by atoms with E-state index in [1.807, 2.05) is 17.1 Å². The van der Waals surface area contributed by atoms with Gasteiger partial charge in [-0.2, -0.15) is 15.1 Å². The number of fused-ring (bicyclic) bond motifs is 1. The third kappa shape index (κ3) is 4.59. The predicted octanol–water partition coefficient (Wildman–Crippen LogP) is 3.58. The van der Waals surface area contributed by atoms with Gasteiger partial charge in [0.05, 0.1) is 11.7 Å². The van der Waals surface area contributed by atoms with Gasteiger partial charge in [0.2, 0.25) is 5.95 Å². The van der Waals surface area contributed by atoms with Crippen LogP contribution in [0.2, 0.25) is 0 Å². The monoisotopic (exact) mass is 449 g/mol. The van der Waals surface area contributed by atoms with Crippen LogP contribution in [0.5, 0.6) is 0 Å². The number of nitrogens with zero attached hydrogens (tertiary/aromatic N) is 7. The highest BCUT2D eigenvalue weighted by Gasteiger charge is 2.25. The molecular formula is C24H35N9. The van der Waals surface area contributed by atoms with Gasteiger partial charge in [0.25, 0.3) is 0 Å². The molecule has 0 spiro atoms. The average molecular weight is 450 g/mol. The first kappa shape index (κ1) is 21.9. The van der Waals surface area contributed by atoms with E-state index in [-0.39, 0.29) is 6.04 Å². The molecule has 33 heavy (non-hydrogen) atoms. The number of hydrogen-bond donors (Lipinski definition) is 2. The lowest BCUT2D eigenvalue weighted by atomic mass is 10.0. The lowest BCUT2D eigenvalue weighted by Gasteiger charge is -2.36. The molecule has 0 aromatic carbocycles. The van der Waals surface area contributed by atoms with E-state index in [9.17, 15) is 0 Å². The van der Waals surface area contributed by atoms with Crippen molar-refractivity contribution in [1.29, 1.82) is 0 Å². The topological polar surface area (TPSA) is 87.0 Å². The molecule has 0 amide bonds. The Hall–Kier alpha value is -2.94. The second-order valence-electron chi connectivity index (χ2n) is 9.79. The zero-order valence-corrected chi connectivity index (χ0v) is 20.1. The van der Waals surface area contributed by atoms with E-state index in [4.69, 9.17) is 9.97 Å². The maximum atomic E-state index is 4.99. The molecule has 5 heterocycles. The summed E-state index contributed by atoms with van der Waals surface area (Å²) >= 11 is 0. The molecule has 2 aliphatic rings. The highest BCUT2D eigenvalue weighted by molar-refractivity contribution is 5.81. The number of pyridine rings is 1. The Labute approximate surface area is 195 Å². The van der Waals surface area contributed by atoms with Crippen LogP contribution in [-0.4, -0.2) is 63.5 Å². The highest BCUT2D eigenvalue weighted by atomic mass is 15.3. The lowest BCUT2D eigenvalue weighted by molar-refractivity contribution is 0.366. The van der Waals surface area contributed by atoms with E-state index in [0.29, 0.717) is 12.0 Å². The quantitative estimate of drug-likeness (QED) is 0.591. The minimum Gasteiger partial charge on any atom is -0.356 e. The second kappa shape index (κ2) is 9.13. The molecule has 2 saturated heterocycles. The summed E-state index contributed by atoms with van der Waals surface area (Å²) in [6.45, 7) is 13.7. The van der Waals surface area contributed by atoms with Crippen molar-refractivity contribution in [2.24, 2.45) is 5.92 Å². The van der Waals surface area contributed by atoms with E-state index in [1.165, 1.54) is 12.8 Å². The lowest BCUT2D eigenvalue weighted by Crippen LogP contribution is -2.53. The zero-order chi connectivity index (χ0) is 22.9. The maximum absolute atomic E-state index is 4.99. The van der Waals surface area contributed by atoms with E-state index < -0.39 is 0 Å². The van der Waals surface area contributed by atoms with Gasteiger partial charge >= 0.3 is 0 Å². The maximum Gasteiger partial charge on any atom is 0.229 e. The molecule has 2 fully saturated rings. The fraction of sp³-hybridized carbons (Fsp3) is 0.583. The second-order valence-corrected chi connectivity index (χ2v) is 9.79. The van der Waals surface area contributed by atoms with Crippen LogP contribution in [0.1, 0.15) is 46.6 Å². The number of aromatic nitrogens is 5. The summed E-state index contributed by atoms with van der Waals surface area (Å²) in [5.74, 6) is 3.90. The minimum absolute atomic E-state index is 0.284. The largest absolute Gasteiger partial charge is 0.356 e. The van der Waals surface area contributed by atoms with Crippen molar-refractivity contribution >= 4 is 34.3 Å². The zero-order valence-electron chi connectivity index (χ0n) is 20.1. The number of rotatable bonds is 6. The Morgan fingerprint density at radius 2 is 1.79 bits per heavy atom. The first-order valence-corrected chi connectivity index (χ1v) is 12.2. The normalized spacial score (nSPS) is 19.3. The van der Waals surface area contributed by atoms with Gasteiger partial charge in [-0.05, 0) is 32.6 Å². The van der Waals surface area contributed by atoms with Crippen molar-refractivity contribution in [3.8, 4) is 0 Å². The summed E-state index contributed by atoms with van der Waals surface area (Å²) in [4.78, 5) is 19.2. The standard InChI is InChI=1S/C24H35N9/c1-16(2)19-15-32(10-7-25-19)24-29-22(12-23(30-24)31-8-5-6-9-31)28-21-11-20-18(13-26-21)14-27-33(20)17(3)4/h11-14,16-17,19,25H,5-10,15H2,1-4H3,(H,26,28,29,30). The molecule has 0 radical (unpaired) electrons. The first-order chi connectivity index (χ1) is 16.0. The van der Waals surface area contributed by atoms with Gasteiger partial charge in [-0.15, -0.1) is 0 Å². The number of piperazine rings is 1. The Morgan fingerprint density at radius 3 is 2.55 bits per heavy atom. The van der Waals surface area contributed by atoms with Crippen molar-refractivity contribution in [2.45, 2.75) is 52.6 Å². The molecule has 176 valence electrons. The van der Waals surface area contributed by atoms with Crippen LogP contribution in [-0.2, 0) is 0 Å². The average Bonchev–Trinajstić information content (AvgIpc) is 3.49. The molecule has 2 aliphatic heterocycles. The smallest absolute Gasteiger partial charge is 0.229 e. The van der Waals surface area contributed by atoms with E-state index in [0.717, 1.165) is 67.0 Å². The molecule has 2 N–H and O–H groups in total. The molecular weight excluding hydrogens is 414 g/mol. The van der Waals surface area contributed by atoms with E-state index in [1.54, 1.807) is 0 Å². The van der Waals surface area contributed by atoms with Crippen LogP contribution < -0.4 is 20.4 Å². The Morgan fingerprint density at radius 1 is 0.970 bits per heavy atom.